The third-order valence-electron chi connectivity index (χ3n) is 3.95. The van der Waals surface area contributed by atoms with E-state index in [0.717, 1.165) is 18.9 Å². The van der Waals surface area contributed by atoms with Gasteiger partial charge in [-0.1, -0.05) is 0 Å². The molecule has 0 atom stereocenters. The minimum Gasteiger partial charge on any atom is -0.508 e. The Balaban J connectivity index is 1.94. The van der Waals surface area contributed by atoms with Gasteiger partial charge in [0, 0.05) is 12.5 Å². The van der Waals surface area contributed by atoms with Crippen LogP contribution in [0.15, 0.2) is 18.2 Å². The van der Waals surface area contributed by atoms with Crippen LogP contribution in [0.5, 0.6) is 11.5 Å². The van der Waals surface area contributed by atoms with Crippen LogP contribution in [0.2, 0.25) is 0 Å². The summed E-state index contributed by atoms with van der Waals surface area (Å²) in [5, 5.41) is 27.8. The smallest absolute Gasteiger partial charge is 0.306 e. The number of ketones is 1. The van der Waals surface area contributed by atoms with Gasteiger partial charge in [0.2, 0.25) is 0 Å². The molecule has 0 saturated heterocycles. The van der Waals surface area contributed by atoms with Gasteiger partial charge >= 0.3 is 5.97 Å². The van der Waals surface area contributed by atoms with Crippen molar-refractivity contribution >= 4 is 11.8 Å². The summed E-state index contributed by atoms with van der Waals surface area (Å²) in [6, 6.07) is 3.93. The first kappa shape index (κ1) is 14.4. The van der Waals surface area contributed by atoms with Gasteiger partial charge in [0.1, 0.15) is 11.5 Å². The first-order valence-electron chi connectivity index (χ1n) is 6.75. The Morgan fingerprint density at radius 3 is 2.30 bits per heavy atom. The second-order valence-electron chi connectivity index (χ2n) is 5.38. The van der Waals surface area contributed by atoms with E-state index in [1.54, 1.807) is 0 Å². The van der Waals surface area contributed by atoms with Crippen molar-refractivity contribution in [3.05, 3.63) is 23.8 Å². The second kappa shape index (κ2) is 5.94. The number of aromatic hydroxyl groups is 2. The lowest BCUT2D eigenvalue weighted by atomic mass is 9.79. The zero-order chi connectivity index (χ0) is 14.7. The van der Waals surface area contributed by atoms with E-state index in [2.05, 4.69) is 0 Å². The van der Waals surface area contributed by atoms with E-state index in [1.807, 2.05) is 0 Å². The molecule has 5 nitrogen and oxygen atoms in total. The Hall–Kier alpha value is -2.04. The molecule has 0 radical (unpaired) electrons. The first-order valence-corrected chi connectivity index (χ1v) is 6.75. The van der Waals surface area contributed by atoms with Crippen molar-refractivity contribution in [3.8, 4) is 11.5 Å². The Kier molecular flexibility index (Phi) is 4.27. The van der Waals surface area contributed by atoms with Crippen LogP contribution in [-0.4, -0.2) is 27.1 Å². The topological polar surface area (TPSA) is 94.8 Å². The number of carboxylic acids is 1. The van der Waals surface area contributed by atoms with E-state index >= 15 is 0 Å². The molecule has 1 saturated carbocycles. The van der Waals surface area contributed by atoms with E-state index < -0.39 is 5.97 Å². The zero-order valence-electron chi connectivity index (χ0n) is 11.1. The quantitative estimate of drug-likeness (QED) is 0.736. The fourth-order valence-electron chi connectivity index (χ4n) is 2.74. The lowest BCUT2D eigenvalue weighted by Gasteiger charge is -2.25. The van der Waals surface area contributed by atoms with Crippen LogP contribution in [0.1, 0.15) is 42.5 Å². The molecule has 0 amide bonds. The van der Waals surface area contributed by atoms with Crippen molar-refractivity contribution in [2.24, 2.45) is 11.8 Å². The van der Waals surface area contributed by atoms with Gasteiger partial charge in [-0.05, 0) is 43.7 Å². The third-order valence-corrected chi connectivity index (χ3v) is 3.95. The molecule has 1 fully saturated rings. The summed E-state index contributed by atoms with van der Waals surface area (Å²) in [7, 11) is 0. The monoisotopic (exact) mass is 278 g/mol. The van der Waals surface area contributed by atoms with Gasteiger partial charge in [0.15, 0.2) is 5.78 Å². The van der Waals surface area contributed by atoms with Gasteiger partial charge < -0.3 is 15.3 Å². The number of rotatable bonds is 4. The van der Waals surface area contributed by atoms with E-state index in [9.17, 15) is 19.8 Å². The molecule has 0 aliphatic heterocycles. The number of hydrogen-bond donors (Lipinski definition) is 3. The minimum absolute atomic E-state index is 0.0824. The van der Waals surface area contributed by atoms with Gasteiger partial charge in [-0.15, -0.1) is 0 Å². The van der Waals surface area contributed by atoms with Gasteiger partial charge in [-0.3, -0.25) is 9.59 Å². The summed E-state index contributed by atoms with van der Waals surface area (Å²) in [5.74, 6) is -1.34. The molecule has 108 valence electrons. The molecule has 1 aromatic carbocycles. The SMILES string of the molecule is O=C(CC1CCC(C(=O)O)CC1)c1ccc(O)cc1O. The Bertz CT molecular complexity index is 515. The molecule has 0 bridgehead atoms. The van der Waals surface area contributed by atoms with Gasteiger partial charge in [-0.2, -0.15) is 0 Å². The summed E-state index contributed by atoms with van der Waals surface area (Å²) in [5.41, 5.74) is 0.211. The van der Waals surface area contributed by atoms with Gasteiger partial charge in [0.05, 0.1) is 11.5 Å². The molecular weight excluding hydrogens is 260 g/mol. The lowest BCUT2D eigenvalue weighted by molar-refractivity contribution is -0.143. The number of carboxylic acid groups (broad SMARTS) is 1. The Labute approximate surface area is 116 Å². The average Bonchev–Trinajstić information content (AvgIpc) is 2.39. The maximum atomic E-state index is 12.1. The third kappa shape index (κ3) is 3.29. The lowest BCUT2D eigenvalue weighted by Crippen LogP contribution is -2.22. The molecule has 0 aromatic heterocycles. The van der Waals surface area contributed by atoms with Crippen molar-refractivity contribution in [2.45, 2.75) is 32.1 Å². The molecule has 5 heteroatoms. The number of Topliss-reactive ketones (excluding diaryl/α,β-unsaturated/α-hetero) is 1. The summed E-state index contributed by atoms with van der Waals surface area (Å²) in [6.45, 7) is 0. The number of carbonyl (C=O) groups excluding carboxylic acids is 1. The van der Waals surface area contributed by atoms with E-state index in [0.29, 0.717) is 19.3 Å². The van der Waals surface area contributed by atoms with Crippen LogP contribution in [0.4, 0.5) is 0 Å². The van der Waals surface area contributed by atoms with Crippen molar-refractivity contribution in [1.29, 1.82) is 0 Å². The van der Waals surface area contributed by atoms with Crippen molar-refractivity contribution in [1.82, 2.24) is 0 Å². The predicted molar refractivity (Wildman–Crippen MR) is 71.8 cm³/mol. The maximum Gasteiger partial charge on any atom is 0.306 e. The Morgan fingerprint density at radius 1 is 1.10 bits per heavy atom. The van der Waals surface area contributed by atoms with Crippen LogP contribution in [-0.2, 0) is 4.79 Å². The second-order valence-corrected chi connectivity index (χ2v) is 5.38. The largest absolute Gasteiger partial charge is 0.508 e. The van der Waals surface area contributed by atoms with E-state index in [1.165, 1.54) is 12.1 Å². The fourth-order valence-corrected chi connectivity index (χ4v) is 2.74. The fraction of sp³-hybridized carbons (Fsp3) is 0.467. The molecule has 0 unspecified atom stereocenters. The number of benzene rings is 1. The molecule has 0 heterocycles. The van der Waals surface area contributed by atoms with Crippen LogP contribution < -0.4 is 0 Å². The predicted octanol–water partition coefficient (Wildman–Crippen LogP) is 2.56. The van der Waals surface area contributed by atoms with Crippen LogP contribution >= 0.6 is 0 Å². The number of phenols is 2. The van der Waals surface area contributed by atoms with Gasteiger partial charge in [0.25, 0.3) is 0 Å². The number of phenolic OH excluding ortho intramolecular Hbond substituents is 2. The normalized spacial score (nSPS) is 22.4. The number of aliphatic carboxylic acids is 1. The maximum absolute atomic E-state index is 12.1. The summed E-state index contributed by atoms with van der Waals surface area (Å²) >= 11 is 0. The highest BCUT2D eigenvalue weighted by Gasteiger charge is 2.27. The van der Waals surface area contributed by atoms with Crippen LogP contribution in [0.3, 0.4) is 0 Å². The van der Waals surface area contributed by atoms with Crippen molar-refractivity contribution in [2.75, 3.05) is 0 Å². The molecule has 1 aliphatic rings. The molecule has 1 aromatic rings. The van der Waals surface area contributed by atoms with Crippen molar-refractivity contribution in [3.63, 3.8) is 0 Å². The first-order chi connectivity index (χ1) is 9.47. The molecule has 3 N–H and O–H groups in total. The highest BCUT2D eigenvalue weighted by molar-refractivity contribution is 5.98. The standard InChI is InChI=1S/C15H18O5/c16-11-5-6-12(14(18)8-11)13(17)7-9-1-3-10(4-2-9)15(19)20/h5-6,8-10,16,18H,1-4,7H2,(H,19,20). The molecule has 1 aliphatic carbocycles. The van der Waals surface area contributed by atoms with Crippen LogP contribution in [0, 0.1) is 11.8 Å². The minimum atomic E-state index is -0.758. The number of carbonyl (C=O) groups is 2. The molecule has 20 heavy (non-hydrogen) atoms. The van der Waals surface area contributed by atoms with Crippen molar-refractivity contribution < 1.29 is 24.9 Å². The van der Waals surface area contributed by atoms with E-state index in [-0.39, 0.29) is 34.7 Å². The summed E-state index contributed by atoms with van der Waals surface area (Å²) in [4.78, 5) is 23.0. The highest BCUT2D eigenvalue weighted by Crippen LogP contribution is 2.33. The van der Waals surface area contributed by atoms with E-state index in [4.69, 9.17) is 5.11 Å². The average molecular weight is 278 g/mol. The van der Waals surface area contributed by atoms with Crippen LogP contribution in [0.25, 0.3) is 0 Å². The van der Waals surface area contributed by atoms with Gasteiger partial charge in [-0.25, -0.2) is 0 Å². The number of hydrogen-bond acceptors (Lipinski definition) is 4. The summed E-state index contributed by atoms with van der Waals surface area (Å²) < 4.78 is 0. The molecular formula is C15H18O5. The molecule has 2 rings (SSSR count). The highest BCUT2D eigenvalue weighted by atomic mass is 16.4. The summed E-state index contributed by atoms with van der Waals surface area (Å²) in [6.07, 6.45) is 2.97. The Morgan fingerprint density at radius 2 is 1.75 bits per heavy atom. The molecule has 0 spiro atoms. The zero-order valence-corrected chi connectivity index (χ0v) is 11.1.